The van der Waals surface area contributed by atoms with E-state index in [1.54, 1.807) is 10.8 Å². The molecule has 7 nitrogen and oxygen atoms in total. The van der Waals surface area contributed by atoms with E-state index in [2.05, 4.69) is 51.7 Å². The number of aliphatic hydroxyl groups is 1. The maximum atomic E-state index is 12.5. The molecule has 0 aliphatic heterocycles. The second-order valence-electron chi connectivity index (χ2n) is 5.96. The molecule has 3 heterocycles. The van der Waals surface area contributed by atoms with Gasteiger partial charge in [0.2, 0.25) is 5.78 Å². The number of H-pyrrole nitrogens is 1. The van der Waals surface area contributed by atoms with E-state index in [-0.39, 0.29) is 23.1 Å². The minimum Gasteiger partial charge on any atom is -0.395 e. The molecular formula is C13H16BrN5O2. The van der Waals surface area contributed by atoms with Crippen molar-refractivity contribution < 1.29 is 5.11 Å². The Bertz CT molecular complexity index is 884. The number of rotatable bonds is 2. The fourth-order valence-electron chi connectivity index (χ4n) is 2.21. The topological polar surface area (TPSA) is 88.2 Å². The summed E-state index contributed by atoms with van der Waals surface area (Å²) < 4.78 is 3.64. The van der Waals surface area contributed by atoms with E-state index >= 15 is 0 Å². The quantitative estimate of drug-likeness (QED) is 0.682. The average Bonchev–Trinajstić information content (AvgIpc) is 2.94. The van der Waals surface area contributed by atoms with Gasteiger partial charge in [-0.05, 0) is 15.9 Å². The van der Waals surface area contributed by atoms with Crippen molar-refractivity contribution in [2.75, 3.05) is 6.61 Å². The van der Waals surface area contributed by atoms with E-state index in [4.69, 9.17) is 5.11 Å². The lowest BCUT2D eigenvalue weighted by molar-refractivity contribution is 0.276. The molecular weight excluding hydrogens is 338 g/mol. The van der Waals surface area contributed by atoms with Crippen LogP contribution in [0, 0.1) is 0 Å². The highest BCUT2D eigenvalue weighted by atomic mass is 79.9. The third kappa shape index (κ3) is 2.18. The molecule has 0 bridgehead atoms. The number of hydrogen-bond donors (Lipinski definition) is 2. The van der Waals surface area contributed by atoms with Gasteiger partial charge in [-0.2, -0.15) is 4.98 Å². The zero-order chi connectivity index (χ0) is 15.4. The molecule has 8 heteroatoms. The fraction of sp³-hybridized carbons (Fsp3) is 0.462. The number of imidazole rings is 2. The van der Waals surface area contributed by atoms with Gasteiger partial charge in [0.05, 0.1) is 6.61 Å². The SMILES string of the molecule is CC(C)(C)c1cn2c(=O)c3nc(Br)n(CCO)c3nc2[nH]1. The highest BCUT2D eigenvalue weighted by Gasteiger charge is 2.20. The van der Waals surface area contributed by atoms with Gasteiger partial charge >= 0.3 is 0 Å². The molecule has 3 aromatic rings. The first-order chi connectivity index (χ1) is 9.82. The molecule has 0 saturated carbocycles. The van der Waals surface area contributed by atoms with Crippen molar-refractivity contribution in [2.24, 2.45) is 0 Å². The lowest BCUT2D eigenvalue weighted by atomic mass is 9.93. The van der Waals surface area contributed by atoms with Gasteiger partial charge in [-0.25, -0.2) is 9.38 Å². The van der Waals surface area contributed by atoms with Crippen molar-refractivity contribution in [3.63, 3.8) is 0 Å². The van der Waals surface area contributed by atoms with E-state index < -0.39 is 0 Å². The summed E-state index contributed by atoms with van der Waals surface area (Å²) in [6, 6.07) is 0. The largest absolute Gasteiger partial charge is 0.395 e. The summed E-state index contributed by atoms with van der Waals surface area (Å²) in [5, 5.41) is 9.13. The van der Waals surface area contributed by atoms with Crippen LogP contribution in [0.25, 0.3) is 16.9 Å². The van der Waals surface area contributed by atoms with Crippen LogP contribution in [0.3, 0.4) is 0 Å². The first kappa shape index (κ1) is 14.3. The van der Waals surface area contributed by atoms with Crippen LogP contribution < -0.4 is 5.56 Å². The molecule has 0 fully saturated rings. The highest BCUT2D eigenvalue weighted by molar-refractivity contribution is 9.10. The molecule has 0 unspecified atom stereocenters. The Morgan fingerprint density at radius 2 is 2.10 bits per heavy atom. The second kappa shape index (κ2) is 4.67. The van der Waals surface area contributed by atoms with Gasteiger partial charge in [0.15, 0.2) is 15.9 Å². The Balaban J connectivity index is 2.37. The van der Waals surface area contributed by atoms with Crippen molar-refractivity contribution in [3.8, 4) is 0 Å². The third-order valence-corrected chi connectivity index (χ3v) is 4.00. The zero-order valence-electron chi connectivity index (χ0n) is 12.0. The summed E-state index contributed by atoms with van der Waals surface area (Å²) in [4.78, 5) is 24.4. The Labute approximate surface area is 128 Å². The standard InChI is InChI=1S/C13H16BrN5O2/c1-13(2,3)7-6-19-10(21)8-9(17-12(19)15-7)18(4-5-20)11(14)16-8/h6,20H,4-5H2,1-3H3,(H,15,17). The predicted molar refractivity (Wildman–Crippen MR) is 82.6 cm³/mol. The van der Waals surface area contributed by atoms with Crippen LogP contribution in [0.2, 0.25) is 0 Å². The van der Waals surface area contributed by atoms with Gasteiger partial charge in [0.25, 0.3) is 5.56 Å². The minimum atomic E-state index is -0.223. The normalized spacial score (nSPS) is 12.6. The van der Waals surface area contributed by atoms with Crippen LogP contribution in [-0.2, 0) is 12.0 Å². The molecule has 3 rings (SSSR count). The van der Waals surface area contributed by atoms with E-state index in [1.807, 2.05) is 0 Å². The smallest absolute Gasteiger partial charge is 0.287 e. The summed E-state index contributed by atoms with van der Waals surface area (Å²) in [5.74, 6) is 0.476. The number of nitrogens with zero attached hydrogens (tertiary/aromatic N) is 4. The van der Waals surface area contributed by atoms with Crippen LogP contribution in [0.5, 0.6) is 0 Å². The lowest BCUT2D eigenvalue weighted by Gasteiger charge is -2.14. The van der Waals surface area contributed by atoms with Gasteiger partial charge in [0, 0.05) is 23.9 Å². The number of aromatic nitrogens is 5. The zero-order valence-corrected chi connectivity index (χ0v) is 13.6. The Kier molecular flexibility index (Phi) is 3.18. The maximum Gasteiger partial charge on any atom is 0.287 e. The number of fused-ring (bicyclic) bond motifs is 2. The van der Waals surface area contributed by atoms with Crippen molar-refractivity contribution >= 4 is 32.9 Å². The Morgan fingerprint density at radius 1 is 1.38 bits per heavy atom. The van der Waals surface area contributed by atoms with Gasteiger partial charge in [-0.15, -0.1) is 0 Å². The summed E-state index contributed by atoms with van der Waals surface area (Å²) in [5.41, 5.74) is 1.33. The lowest BCUT2D eigenvalue weighted by Crippen LogP contribution is -2.15. The number of aromatic amines is 1. The first-order valence-electron chi connectivity index (χ1n) is 6.61. The summed E-state index contributed by atoms with van der Waals surface area (Å²) in [6.07, 6.45) is 1.77. The van der Waals surface area contributed by atoms with Crippen LogP contribution in [0.4, 0.5) is 0 Å². The monoisotopic (exact) mass is 353 g/mol. The highest BCUT2D eigenvalue weighted by Crippen LogP contribution is 2.22. The number of halogens is 1. The van der Waals surface area contributed by atoms with E-state index in [9.17, 15) is 4.79 Å². The minimum absolute atomic E-state index is 0.0525. The predicted octanol–water partition coefficient (Wildman–Crippen LogP) is 1.42. The van der Waals surface area contributed by atoms with Crippen LogP contribution in [0.1, 0.15) is 26.5 Å². The van der Waals surface area contributed by atoms with Gasteiger partial charge in [0.1, 0.15) is 0 Å². The molecule has 0 aliphatic carbocycles. The Hall–Kier alpha value is -1.67. The van der Waals surface area contributed by atoms with Crippen molar-refractivity contribution in [1.29, 1.82) is 0 Å². The number of nitrogens with one attached hydrogen (secondary N) is 1. The molecule has 2 N–H and O–H groups in total. The van der Waals surface area contributed by atoms with Gasteiger partial charge in [-0.1, -0.05) is 20.8 Å². The van der Waals surface area contributed by atoms with E-state index in [0.29, 0.717) is 22.7 Å². The fourth-order valence-corrected chi connectivity index (χ4v) is 2.73. The molecule has 0 aliphatic rings. The maximum absolute atomic E-state index is 12.5. The molecule has 3 aromatic heterocycles. The average molecular weight is 354 g/mol. The first-order valence-corrected chi connectivity index (χ1v) is 7.40. The molecule has 0 radical (unpaired) electrons. The van der Waals surface area contributed by atoms with E-state index in [0.717, 1.165) is 5.69 Å². The Morgan fingerprint density at radius 3 is 2.71 bits per heavy atom. The molecule has 0 saturated heterocycles. The third-order valence-electron chi connectivity index (χ3n) is 3.39. The molecule has 0 aromatic carbocycles. The molecule has 21 heavy (non-hydrogen) atoms. The van der Waals surface area contributed by atoms with Crippen LogP contribution in [0.15, 0.2) is 15.7 Å². The molecule has 0 amide bonds. The molecule has 112 valence electrons. The van der Waals surface area contributed by atoms with Crippen molar-refractivity contribution in [3.05, 3.63) is 27.0 Å². The number of aliphatic hydroxyl groups excluding tert-OH is 1. The van der Waals surface area contributed by atoms with E-state index in [1.165, 1.54) is 4.40 Å². The van der Waals surface area contributed by atoms with Crippen molar-refractivity contribution in [2.45, 2.75) is 32.7 Å². The van der Waals surface area contributed by atoms with Gasteiger partial charge in [-0.3, -0.25) is 4.79 Å². The summed E-state index contributed by atoms with van der Waals surface area (Å²) >= 11 is 3.29. The van der Waals surface area contributed by atoms with Gasteiger partial charge < -0.3 is 14.7 Å². The van der Waals surface area contributed by atoms with Crippen molar-refractivity contribution in [1.82, 2.24) is 23.9 Å². The summed E-state index contributed by atoms with van der Waals surface area (Å²) in [6.45, 7) is 6.45. The molecule has 0 spiro atoms. The molecule has 0 atom stereocenters. The number of hydrogen-bond acceptors (Lipinski definition) is 4. The summed E-state index contributed by atoms with van der Waals surface area (Å²) in [7, 11) is 0. The second-order valence-corrected chi connectivity index (χ2v) is 6.67. The van der Waals surface area contributed by atoms with Crippen LogP contribution in [-0.4, -0.2) is 35.6 Å². The van der Waals surface area contributed by atoms with Crippen LogP contribution >= 0.6 is 15.9 Å².